The average molecular weight is 502 g/mol. The van der Waals surface area contributed by atoms with Crippen molar-refractivity contribution in [2.75, 3.05) is 64.5 Å². The van der Waals surface area contributed by atoms with Gasteiger partial charge in [-0.25, -0.2) is 0 Å². The van der Waals surface area contributed by atoms with Gasteiger partial charge in [0.05, 0.1) is 19.3 Å². The molecule has 0 amide bonds. The summed E-state index contributed by atoms with van der Waals surface area (Å²) in [5.74, 6) is 0.969. The SMILES string of the molecule is CN=C(NCCOCC1CCCO1)N1CCN(c2cccc(C)c2C)CC1.I. The Labute approximate surface area is 186 Å². The van der Waals surface area contributed by atoms with Gasteiger partial charge in [0, 0.05) is 52.1 Å². The average Bonchev–Trinajstić information content (AvgIpc) is 3.21. The highest BCUT2D eigenvalue weighted by atomic mass is 127. The van der Waals surface area contributed by atoms with Gasteiger partial charge in [-0.15, -0.1) is 24.0 Å². The molecular formula is C21H35IN4O2. The molecule has 28 heavy (non-hydrogen) atoms. The summed E-state index contributed by atoms with van der Waals surface area (Å²) in [5.41, 5.74) is 4.10. The molecule has 2 saturated heterocycles. The molecule has 1 unspecified atom stereocenters. The number of ether oxygens (including phenoxy) is 2. The molecule has 1 atom stereocenters. The molecular weight excluding hydrogens is 467 g/mol. The fourth-order valence-corrected chi connectivity index (χ4v) is 3.80. The van der Waals surface area contributed by atoms with E-state index in [9.17, 15) is 0 Å². The Kier molecular flexibility index (Phi) is 9.81. The summed E-state index contributed by atoms with van der Waals surface area (Å²) in [6.45, 7) is 11.4. The number of aliphatic imine (C=N–C) groups is 1. The molecule has 2 heterocycles. The number of halogens is 1. The molecule has 3 rings (SSSR count). The molecule has 0 aromatic heterocycles. The normalized spacial score (nSPS) is 20.2. The van der Waals surface area contributed by atoms with Crippen LogP contribution in [-0.2, 0) is 9.47 Å². The van der Waals surface area contributed by atoms with Crippen LogP contribution in [0, 0.1) is 13.8 Å². The Balaban J connectivity index is 0.00000280. The number of hydrogen-bond acceptors (Lipinski definition) is 4. The van der Waals surface area contributed by atoms with E-state index in [1.54, 1.807) is 0 Å². The van der Waals surface area contributed by atoms with Crippen LogP contribution in [0.4, 0.5) is 5.69 Å². The molecule has 0 radical (unpaired) electrons. The van der Waals surface area contributed by atoms with E-state index in [0.717, 1.165) is 58.1 Å². The summed E-state index contributed by atoms with van der Waals surface area (Å²) in [5, 5.41) is 3.43. The van der Waals surface area contributed by atoms with Gasteiger partial charge in [-0.3, -0.25) is 4.99 Å². The van der Waals surface area contributed by atoms with Crippen molar-refractivity contribution in [2.24, 2.45) is 4.99 Å². The lowest BCUT2D eigenvalue weighted by molar-refractivity contribution is 0.0190. The monoisotopic (exact) mass is 502 g/mol. The number of guanidine groups is 1. The van der Waals surface area contributed by atoms with Crippen LogP contribution in [0.15, 0.2) is 23.2 Å². The van der Waals surface area contributed by atoms with Gasteiger partial charge in [0.2, 0.25) is 0 Å². The number of aryl methyl sites for hydroxylation is 1. The molecule has 0 saturated carbocycles. The van der Waals surface area contributed by atoms with Crippen LogP contribution in [0.2, 0.25) is 0 Å². The number of piperazine rings is 1. The van der Waals surface area contributed by atoms with Gasteiger partial charge in [0.1, 0.15) is 0 Å². The Hall–Kier alpha value is -1.06. The van der Waals surface area contributed by atoms with E-state index in [2.05, 4.69) is 52.2 Å². The zero-order valence-corrected chi connectivity index (χ0v) is 19.8. The summed E-state index contributed by atoms with van der Waals surface area (Å²) >= 11 is 0. The van der Waals surface area contributed by atoms with Gasteiger partial charge in [0.15, 0.2) is 5.96 Å². The third-order valence-electron chi connectivity index (χ3n) is 5.56. The molecule has 6 nitrogen and oxygen atoms in total. The first-order chi connectivity index (χ1) is 13.2. The fraction of sp³-hybridized carbons (Fsp3) is 0.667. The Bertz CT molecular complexity index is 627. The van der Waals surface area contributed by atoms with Crippen LogP contribution < -0.4 is 10.2 Å². The van der Waals surface area contributed by atoms with Crippen molar-refractivity contribution in [2.45, 2.75) is 32.8 Å². The van der Waals surface area contributed by atoms with E-state index in [0.29, 0.717) is 19.3 Å². The van der Waals surface area contributed by atoms with E-state index in [1.165, 1.54) is 16.8 Å². The predicted molar refractivity (Wildman–Crippen MR) is 126 cm³/mol. The quantitative estimate of drug-likeness (QED) is 0.281. The smallest absolute Gasteiger partial charge is 0.193 e. The van der Waals surface area contributed by atoms with E-state index in [1.807, 2.05) is 7.05 Å². The maximum Gasteiger partial charge on any atom is 0.193 e. The minimum atomic E-state index is 0. The highest BCUT2D eigenvalue weighted by molar-refractivity contribution is 14.0. The summed E-state index contributed by atoms with van der Waals surface area (Å²) in [6, 6.07) is 6.57. The minimum Gasteiger partial charge on any atom is -0.377 e. The van der Waals surface area contributed by atoms with Crippen LogP contribution in [0.1, 0.15) is 24.0 Å². The number of nitrogens with one attached hydrogen (secondary N) is 1. The predicted octanol–water partition coefficient (Wildman–Crippen LogP) is 2.81. The Morgan fingerprint density at radius 3 is 2.71 bits per heavy atom. The third-order valence-corrected chi connectivity index (χ3v) is 5.56. The van der Waals surface area contributed by atoms with Crippen molar-refractivity contribution < 1.29 is 9.47 Å². The highest BCUT2D eigenvalue weighted by Gasteiger charge is 2.21. The Morgan fingerprint density at radius 2 is 2.04 bits per heavy atom. The van der Waals surface area contributed by atoms with Crippen molar-refractivity contribution in [1.29, 1.82) is 0 Å². The molecule has 2 fully saturated rings. The van der Waals surface area contributed by atoms with Crippen LogP contribution in [-0.4, -0.2) is 76.6 Å². The molecule has 0 spiro atoms. The molecule has 1 aromatic carbocycles. The minimum absolute atomic E-state index is 0. The van der Waals surface area contributed by atoms with E-state index < -0.39 is 0 Å². The molecule has 0 aliphatic carbocycles. The molecule has 1 aromatic rings. The molecule has 158 valence electrons. The second-order valence-corrected chi connectivity index (χ2v) is 7.38. The van der Waals surface area contributed by atoms with Crippen molar-refractivity contribution in [3.05, 3.63) is 29.3 Å². The number of benzene rings is 1. The van der Waals surface area contributed by atoms with Gasteiger partial charge in [0.25, 0.3) is 0 Å². The molecule has 7 heteroatoms. The van der Waals surface area contributed by atoms with Crippen LogP contribution in [0.5, 0.6) is 0 Å². The second kappa shape index (κ2) is 11.8. The van der Waals surface area contributed by atoms with Crippen molar-refractivity contribution in [1.82, 2.24) is 10.2 Å². The molecule has 2 aliphatic heterocycles. The molecule has 0 bridgehead atoms. The summed E-state index contributed by atoms with van der Waals surface area (Å²) in [6.07, 6.45) is 2.58. The van der Waals surface area contributed by atoms with Crippen LogP contribution >= 0.6 is 24.0 Å². The lowest BCUT2D eigenvalue weighted by atomic mass is 10.1. The highest BCUT2D eigenvalue weighted by Crippen LogP contribution is 2.23. The summed E-state index contributed by atoms with van der Waals surface area (Å²) in [7, 11) is 1.85. The summed E-state index contributed by atoms with van der Waals surface area (Å²) in [4.78, 5) is 9.27. The lowest BCUT2D eigenvalue weighted by Gasteiger charge is -2.38. The number of nitrogens with zero attached hydrogens (tertiary/aromatic N) is 3. The standard InChI is InChI=1S/C21H34N4O2.HI/c1-17-6-4-8-20(18(17)2)24-10-12-25(13-11-24)21(22-3)23-9-15-26-16-19-7-5-14-27-19;/h4,6,8,19H,5,7,9-16H2,1-3H3,(H,22,23);1H. The third kappa shape index (κ3) is 6.22. The number of anilines is 1. The fourth-order valence-electron chi connectivity index (χ4n) is 3.80. The van der Waals surface area contributed by atoms with E-state index in [-0.39, 0.29) is 24.0 Å². The van der Waals surface area contributed by atoms with Crippen LogP contribution in [0.3, 0.4) is 0 Å². The van der Waals surface area contributed by atoms with E-state index >= 15 is 0 Å². The van der Waals surface area contributed by atoms with Crippen molar-refractivity contribution in [3.8, 4) is 0 Å². The maximum absolute atomic E-state index is 5.73. The zero-order valence-electron chi connectivity index (χ0n) is 17.4. The molecule has 1 N–H and O–H groups in total. The lowest BCUT2D eigenvalue weighted by Crippen LogP contribution is -2.53. The second-order valence-electron chi connectivity index (χ2n) is 7.38. The first kappa shape index (κ1) is 23.2. The van der Waals surface area contributed by atoms with Gasteiger partial charge in [-0.05, 0) is 43.9 Å². The first-order valence-electron chi connectivity index (χ1n) is 10.1. The van der Waals surface area contributed by atoms with Gasteiger partial charge in [-0.2, -0.15) is 0 Å². The van der Waals surface area contributed by atoms with Crippen LogP contribution in [0.25, 0.3) is 0 Å². The summed E-state index contributed by atoms with van der Waals surface area (Å²) < 4.78 is 11.3. The topological polar surface area (TPSA) is 49.3 Å². The number of hydrogen-bond donors (Lipinski definition) is 1. The maximum atomic E-state index is 5.73. The van der Waals surface area contributed by atoms with E-state index in [4.69, 9.17) is 9.47 Å². The van der Waals surface area contributed by atoms with Gasteiger partial charge >= 0.3 is 0 Å². The molecule has 2 aliphatic rings. The largest absolute Gasteiger partial charge is 0.377 e. The van der Waals surface area contributed by atoms with Gasteiger partial charge < -0.3 is 24.6 Å². The van der Waals surface area contributed by atoms with Crippen molar-refractivity contribution >= 4 is 35.6 Å². The van der Waals surface area contributed by atoms with Crippen molar-refractivity contribution in [3.63, 3.8) is 0 Å². The number of rotatable bonds is 6. The first-order valence-corrected chi connectivity index (χ1v) is 10.1. The van der Waals surface area contributed by atoms with Gasteiger partial charge in [-0.1, -0.05) is 12.1 Å². The Morgan fingerprint density at radius 1 is 1.25 bits per heavy atom. The zero-order chi connectivity index (χ0) is 19.1.